The highest BCUT2D eigenvalue weighted by Crippen LogP contribution is 2.29. The zero-order valence-electron chi connectivity index (χ0n) is 10.6. The predicted molar refractivity (Wildman–Crippen MR) is 68.2 cm³/mol. The molecule has 92 valence electrons. The van der Waals surface area contributed by atoms with Crippen molar-refractivity contribution in [2.45, 2.75) is 38.3 Å². The van der Waals surface area contributed by atoms with Crippen LogP contribution in [0, 0.1) is 6.92 Å². The number of fused-ring (bicyclic) bond motifs is 2. The van der Waals surface area contributed by atoms with Gasteiger partial charge in [-0.15, -0.1) is 0 Å². The summed E-state index contributed by atoms with van der Waals surface area (Å²) in [6.07, 6.45) is 5.79. The molecular weight excluding hydrogens is 212 g/mol. The maximum atomic E-state index is 4.54. The Labute approximate surface area is 103 Å². The summed E-state index contributed by atoms with van der Waals surface area (Å²) in [6.45, 7) is 4.20. The zero-order valence-corrected chi connectivity index (χ0v) is 10.6. The molecule has 3 rings (SSSR count). The number of aromatic nitrogens is 2. The second kappa shape index (κ2) is 4.26. The summed E-state index contributed by atoms with van der Waals surface area (Å²) < 4.78 is 0. The lowest BCUT2D eigenvalue weighted by Crippen LogP contribution is -2.37. The Morgan fingerprint density at radius 1 is 1.24 bits per heavy atom. The van der Waals surface area contributed by atoms with Crippen molar-refractivity contribution in [3.8, 4) is 0 Å². The van der Waals surface area contributed by atoms with Crippen molar-refractivity contribution in [1.29, 1.82) is 0 Å². The van der Waals surface area contributed by atoms with Gasteiger partial charge in [0.25, 0.3) is 0 Å². The molecule has 2 bridgehead atoms. The summed E-state index contributed by atoms with van der Waals surface area (Å²) >= 11 is 0. The van der Waals surface area contributed by atoms with Crippen LogP contribution in [0.25, 0.3) is 0 Å². The van der Waals surface area contributed by atoms with Gasteiger partial charge in [0.15, 0.2) is 0 Å². The number of anilines is 1. The number of rotatable bonds is 1. The summed E-state index contributed by atoms with van der Waals surface area (Å²) in [4.78, 5) is 13.9. The first-order valence-corrected chi connectivity index (χ1v) is 6.50. The molecule has 2 saturated heterocycles. The minimum absolute atomic E-state index is 0.687. The van der Waals surface area contributed by atoms with Gasteiger partial charge in [0, 0.05) is 37.1 Å². The van der Waals surface area contributed by atoms with Crippen molar-refractivity contribution in [3.63, 3.8) is 0 Å². The summed E-state index contributed by atoms with van der Waals surface area (Å²) in [6, 6.07) is 3.42. The van der Waals surface area contributed by atoms with Gasteiger partial charge < -0.3 is 4.90 Å². The van der Waals surface area contributed by atoms with Gasteiger partial charge in [0.1, 0.15) is 0 Å². The molecule has 0 aromatic carbocycles. The van der Waals surface area contributed by atoms with Gasteiger partial charge in [0.2, 0.25) is 5.95 Å². The highest BCUT2D eigenvalue weighted by Gasteiger charge is 2.35. The predicted octanol–water partition coefficient (Wildman–Crippen LogP) is 1.46. The SMILES string of the molecule is Cc1ccnc(N2CCC3CCC(C2)N3C)n1. The first-order chi connectivity index (χ1) is 8.24. The van der Waals surface area contributed by atoms with E-state index in [0.717, 1.165) is 30.8 Å². The van der Waals surface area contributed by atoms with Crippen LogP contribution in [0.5, 0.6) is 0 Å². The van der Waals surface area contributed by atoms with Crippen molar-refractivity contribution in [2.24, 2.45) is 0 Å². The molecular formula is C13H20N4. The average Bonchev–Trinajstić information content (AvgIpc) is 2.53. The van der Waals surface area contributed by atoms with E-state index in [1.807, 2.05) is 19.2 Å². The van der Waals surface area contributed by atoms with Crippen LogP contribution in [-0.4, -0.2) is 47.1 Å². The molecule has 0 spiro atoms. The third-order valence-electron chi connectivity index (χ3n) is 4.21. The topological polar surface area (TPSA) is 32.3 Å². The van der Waals surface area contributed by atoms with E-state index in [1.54, 1.807) is 0 Å². The van der Waals surface area contributed by atoms with Crippen molar-refractivity contribution in [1.82, 2.24) is 14.9 Å². The third-order valence-corrected chi connectivity index (χ3v) is 4.21. The second-order valence-electron chi connectivity index (χ2n) is 5.28. The highest BCUT2D eigenvalue weighted by molar-refractivity contribution is 5.31. The van der Waals surface area contributed by atoms with Crippen molar-refractivity contribution in [2.75, 3.05) is 25.0 Å². The van der Waals surface area contributed by atoms with Crippen molar-refractivity contribution >= 4 is 5.95 Å². The van der Waals surface area contributed by atoms with Gasteiger partial charge in [-0.25, -0.2) is 9.97 Å². The lowest BCUT2D eigenvalue weighted by Gasteiger charge is -2.25. The van der Waals surface area contributed by atoms with Crippen LogP contribution in [0.1, 0.15) is 25.0 Å². The fraction of sp³-hybridized carbons (Fsp3) is 0.692. The number of hydrogen-bond acceptors (Lipinski definition) is 4. The van der Waals surface area contributed by atoms with Crippen molar-refractivity contribution in [3.05, 3.63) is 18.0 Å². The Kier molecular flexibility index (Phi) is 2.74. The standard InChI is InChI=1S/C13H20N4/c1-10-5-7-14-13(15-10)17-8-6-11-3-4-12(9-17)16(11)2/h5,7,11-12H,3-4,6,8-9H2,1-2H3. The minimum Gasteiger partial charge on any atom is -0.339 e. The van der Waals surface area contributed by atoms with Crippen molar-refractivity contribution < 1.29 is 0 Å². The smallest absolute Gasteiger partial charge is 0.225 e. The van der Waals surface area contributed by atoms with E-state index in [4.69, 9.17) is 0 Å². The van der Waals surface area contributed by atoms with Crippen LogP contribution in [0.2, 0.25) is 0 Å². The fourth-order valence-corrected chi connectivity index (χ4v) is 3.08. The summed E-state index contributed by atoms with van der Waals surface area (Å²) in [5, 5.41) is 0. The maximum absolute atomic E-state index is 4.54. The molecule has 0 radical (unpaired) electrons. The second-order valence-corrected chi connectivity index (χ2v) is 5.28. The molecule has 2 aliphatic rings. The Bertz CT molecular complexity index is 406. The third kappa shape index (κ3) is 2.02. The zero-order chi connectivity index (χ0) is 11.8. The molecule has 0 saturated carbocycles. The molecule has 1 aromatic heterocycles. The van der Waals surface area contributed by atoms with Gasteiger partial charge in [-0.2, -0.15) is 0 Å². The normalized spacial score (nSPS) is 29.4. The molecule has 0 aliphatic carbocycles. The first kappa shape index (κ1) is 11.0. The van der Waals surface area contributed by atoms with E-state index < -0.39 is 0 Å². The lowest BCUT2D eigenvalue weighted by molar-refractivity contribution is 0.254. The van der Waals surface area contributed by atoms with E-state index in [-0.39, 0.29) is 0 Å². The highest BCUT2D eigenvalue weighted by atomic mass is 15.3. The first-order valence-electron chi connectivity index (χ1n) is 6.50. The average molecular weight is 232 g/mol. The molecule has 0 amide bonds. The summed E-state index contributed by atoms with van der Waals surface area (Å²) in [5.41, 5.74) is 1.05. The Morgan fingerprint density at radius 3 is 2.88 bits per heavy atom. The van der Waals surface area contributed by atoms with Crippen LogP contribution in [0.15, 0.2) is 12.3 Å². The molecule has 2 fully saturated rings. The van der Waals surface area contributed by atoms with E-state index in [9.17, 15) is 0 Å². The van der Waals surface area contributed by atoms with E-state index >= 15 is 0 Å². The van der Waals surface area contributed by atoms with Crippen LogP contribution >= 0.6 is 0 Å². The molecule has 17 heavy (non-hydrogen) atoms. The molecule has 2 atom stereocenters. The summed E-state index contributed by atoms with van der Waals surface area (Å²) in [5.74, 6) is 0.908. The quantitative estimate of drug-likeness (QED) is 0.734. The summed E-state index contributed by atoms with van der Waals surface area (Å²) in [7, 11) is 2.27. The maximum Gasteiger partial charge on any atom is 0.225 e. The molecule has 3 heterocycles. The Hall–Kier alpha value is -1.16. The van der Waals surface area contributed by atoms with Crippen LogP contribution in [-0.2, 0) is 0 Å². The van der Waals surface area contributed by atoms with Gasteiger partial charge >= 0.3 is 0 Å². The van der Waals surface area contributed by atoms with E-state index in [2.05, 4.69) is 26.8 Å². The number of nitrogens with zero attached hydrogens (tertiary/aromatic N) is 4. The van der Waals surface area contributed by atoms with Crippen LogP contribution in [0.3, 0.4) is 0 Å². The van der Waals surface area contributed by atoms with E-state index in [0.29, 0.717) is 6.04 Å². The van der Waals surface area contributed by atoms with Gasteiger partial charge in [-0.1, -0.05) is 0 Å². The molecule has 0 N–H and O–H groups in total. The molecule has 4 nitrogen and oxygen atoms in total. The monoisotopic (exact) mass is 232 g/mol. The number of hydrogen-bond donors (Lipinski definition) is 0. The van der Waals surface area contributed by atoms with E-state index in [1.165, 1.54) is 19.3 Å². The molecule has 4 heteroatoms. The Balaban J connectivity index is 1.81. The van der Waals surface area contributed by atoms with Gasteiger partial charge in [0.05, 0.1) is 0 Å². The largest absolute Gasteiger partial charge is 0.339 e. The van der Waals surface area contributed by atoms with Gasteiger partial charge in [-0.3, -0.25) is 4.90 Å². The number of aryl methyl sites for hydroxylation is 1. The number of likely N-dealkylation sites (N-methyl/N-ethyl adjacent to an activating group) is 1. The lowest BCUT2D eigenvalue weighted by atomic mass is 10.1. The minimum atomic E-state index is 0.687. The molecule has 1 aromatic rings. The fourth-order valence-electron chi connectivity index (χ4n) is 3.08. The molecule has 2 aliphatic heterocycles. The van der Waals surface area contributed by atoms with Crippen LogP contribution in [0.4, 0.5) is 5.95 Å². The van der Waals surface area contributed by atoms with Gasteiger partial charge in [-0.05, 0) is 39.3 Å². The van der Waals surface area contributed by atoms with Crippen LogP contribution < -0.4 is 4.90 Å². The molecule has 2 unspecified atom stereocenters. The Morgan fingerprint density at radius 2 is 2.06 bits per heavy atom.